The molecule has 180 valence electrons. The number of rotatable bonds is 7. The van der Waals surface area contributed by atoms with Crippen molar-refractivity contribution in [2.45, 2.75) is 56.5 Å². The van der Waals surface area contributed by atoms with Crippen LogP contribution in [0.3, 0.4) is 0 Å². The van der Waals surface area contributed by atoms with Gasteiger partial charge in [0.05, 0.1) is 25.2 Å². The molecule has 6 atom stereocenters. The minimum Gasteiger partial charge on any atom is -0.476 e. The summed E-state index contributed by atoms with van der Waals surface area (Å²) in [5, 5.41) is 53.0. The van der Waals surface area contributed by atoms with E-state index >= 15 is 0 Å². The van der Waals surface area contributed by atoms with Crippen LogP contribution in [-0.2, 0) is 14.3 Å². The molecule has 0 bridgehead atoms. The predicted octanol–water partition coefficient (Wildman–Crippen LogP) is -1.37. The molecule has 0 spiro atoms. The third-order valence-corrected chi connectivity index (χ3v) is 5.39. The van der Waals surface area contributed by atoms with E-state index in [0.717, 1.165) is 6.92 Å². The Morgan fingerprint density at radius 2 is 2.00 bits per heavy atom. The Balaban J connectivity index is 2.01. The van der Waals surface area contributed by atoms with Gasteiger partial charge in [0.2, 0.25) is 5.91 Å². The second-order valence-corrected chi connectivity index (χ2v) is 7.89. The fourth-order valence-corrected chi connectivity index (χ4v) is 3.79. The van der Waals surface area contributed by atoms with E-state index in [1.165, 1.54) is 18.2 Å². The van der Waals surface area contributed by atoms with Gasteiger partial charge in [-0.2, -0.15) is 0 Å². The minimum atomic E-state index is -2.55. The lowest BCUT2D eigenvalue weighted by Crippen LogP contribution is -2.68. The molecular formula is C21H25NO11. The van der Waals surface area contributed by atoms with Gasteiger partial charge in [0.15, 0.2) is 0 Å². The average Bonchev–Trinajstić information content (AvgIpc) is 2.73. The van der Waals surface area contributed by atoms with Crippen LogP contribution in [0, 0.1) is 6.92 Å². The standard InChI is InChI=1S/C21H25NO11/c1-9-5-16(27)31-15-6-11(3-4-12(9)15)32-21(20(29)30)7-13(25)17(22-10(2)24)19(33-21)18(28)14(26)8-23/h3-6,13-14,17-19,23,25-26,28H,7-8H2,1-2H3,(H,22,24)(H,29,30)/t13?,14-,17?,18-,19?,21?/m0/s1. The molecule has 1 fully saturated rings. The van der Waals surface area contributed by atoms with E-state index in [-0.39, 0.29) is 11.3 Å². The van der Waals surface area contributed by atoms with Gasteiger partial charge >= 0.3 is 17.4 Å². The van der Waals surface area contributed by atoms with Crippen LogP contribution in [0.2, 0.25) is 0 Å². The topological polar surface area (TPSA) is 196 Å². The Bertz CT molecular complexity index is 1100. The third kappa shape index (κ3) is 4.99. The zero-order valence-corrected chi connectivity index (χ0v) is 17.8. The molecule has 4 unspecified atom stereocenters. The van der Waals surface area contributed by atoms with E-state index in [1.54, 1.807) is 13.0 Å². The van der Waals surface area contributed by atoms with Crippen molar-refractivity contribution in [3.05, 3.63) is 40.2 Å². The lowest BCUT2D eigenvalue weighted by atomic mass is 9.88. The summed E-state index contributed by atoms with van der Waals surface area (Å²) in [6.07, 6.45) is -7.56. The summed E-state index contributed by atoms with van der Waals surface area (Å²) in [5.74, 6) is -4.90. The minimum absolute atomic E-state index is 0.0835. The van der Waals surface area contributed by atoms with E-state index in [9.17, 15) is 39.9 Å². The first kappa shape index (κ1) is 24.6. The van der Waals surface area contributed by atoms with E-state index in [0.29, 0.717) is 10.9 Å². The number of aliphatic carboxylic acids is 1. The number of hydrogen-bond acceptors (Lipinski definition) is 10. The number of amides is 1. The number of benzene rings is 1. The first-order chi connectivity index (χ1) is 15.5. The van der Waals surface area contributed by atoms with Crippen LogP contribution >= 0.6 is 0 Å². The van der Waals surface area contributed by atoms with Gasteiger partial charge in [0, 0.05) is 24.4 Å². The lowest BCUT2D eigenvalue weighted by Gasteiger charge is -2.46. The van der Waals surface area contributed by atoms with Gasteiger partial charge in [0.1, 0.15) is 29.6 Å². The van der Waals surface area contributed by atoms with Crippen LogP contribution in [0.1, 0.15) is 18.9 Å². The van der Waals surface area contributed by atoms with Gasteiger partial charge in [0.25, 0.3) is 0 Å². The van der Waals surface area contributed by atoms with Crippen LogP contribution < -0.4 is 15.7 Å². The summed E-state index contributed by atoms with van der Waals surface area (Å²) in [5.41, 5.74) is 0.135. The molecular weight excluding hydrogens is 442 g/mol. The van der Waals surface area contributed by atoms with Crippen LogP contribution in [0.15, 0.2) is 33.5 Å². The number of aliphatic hydroxyl groups excluding tert-OH is 4. The van der Waals surface area contributed by atoms with Crippen molar-refractivity contribution < 1.29 is 49.0 Å². The first-order valence-corrected chi connectivity index (χ1v) is 10.0. The predicted molar refractivity (Wildman–Crippen MR) is 110 cm³/mol. The Kier molecular flexibility index (Phi) is 7.05. The van der Waals surface area contributed by atoms with Gasteiger partial charge in [-0.05, 0) is 24.6 Å². The molecule has 12 nitrogen and oxygen atoms in total. The Morgan fingerprint density at radius 3 is 2.61 bits per heavy atom. The summed E-state index contributed by atoms with van der Waals surface area (Å²) in [4.78, 5) is 35.5. The van der Waals surface area contributed by atoms with Crippen LogP contribution in [-0.4, -0.2) is 80.3 Å². The molecule has 2 heterocycles. The molecule has 0 saturated carbocycles. The summed E-state index contributed by atoms with van der Waals surface area (Å²) in [7, 11) is 0. The fourth-order valence-electron chi connectivity index (χ4n) is 3.79. The molecule has 33 heavy (non-hydrogen) atoms. The van der Waals surface area contributed by atoms with E-state index < -0.39 is 66.8 Å². The lowest BCUT2D eigenvalue weighted by molar-refractivity contribution is -0.284. The van der Waals surface area contributed by atoms with Crippen molar-refractivity contribution in [3.8, 4) is 5.75 Å². The SMILES string of the molecule is CC(=O)NC1C(O)CC(Oc2ccc3c(C)cc(=O)oc3c2)(C(=O)O)OC1[C@@H](O)[C@@H](O)CO. The first-order valence-electron chi connectivity index (χ1n) is 10.0. The fraction of sp³-hybridized carbons (Fsp3) is 0.476. The molecule has 1 aromatic heterocycles. The molecule has 1 aliphatic rings. The number of carbonyl (C=O) groups excluding carboxylic acids is 1. The number of aryl methyl sites for hydroxylation is 1. The largest absolute Gasteiger partial charge is 0.476 e. The van der Waals surface area contributed by atoms with Gasteiger partial charge in [-0.15, -0.1) is 0 Å². The molecule has 1 aliphatic heterocycles. The highest BCUT2D eigenvalue weighted by atomic mass is 16.7. The maximum Gasteiger partial charge on any atom is 0.377 e. The van der Waals surface area contributed by atoms with Crippen molar-refractivity contribution >= 4 is 22.8 Å². The summed E-state index contributed by atoms with van der Waals surface area (Å²) < 4.78 is 16.3. The number of carboxylic acid groups (broad SMARTS) is 1. The molecule has 1 saturated heterocycles. The van der Waals surface area contributed by atoms with Crippen molar-refractivity contribution in [1.29, 1.82) is 0 Å². The number of carbonyl (C=O) groups is 2. The molecule has 1 aromatic carbocycles. The quantitative estimate of drug-likeness (QED) is 0.263. The number of carboxylic acids is 1. The highest BCUT2D eigenvalue weighted by Crippen LogP contribution is 2.35. The zero-order chi connectivity index (χ0) is 24.5. The number of hydrogen-bond donors (Lipinski definition) is 6. The zero-order valence-electron chi connectivity index (χ0n) is 17.8. The van der Waals surface area contributed by atoms with E-state index in [4.69, 9.17) is 13.9 Å². The van der Waals surface area contributed by atoms with Crippen molar-refractivity contribution in [2.75, 3.05) is 6.61 Å². The average molecular weight is 467 g/mol. The molecule has 2 aromatic rings. The monoisotopic (exact) mass is 467 g/mol. The molecule has 6 N–H and O–H groups in total. The molecule has 12 heteroatoms. The number of fused-ring (bicyclic) bond motifs is 1. The molecule has 3 rings (SSSR count). The molecule has 0 aliphatic carbocycles. The molecule has 0 radical (unpaired) electrons. The van der Waals surface area contributed by atoms with E-state index in [2.05, 4.69) is 5.32 Å². The maximum absolute atomic E-state index is 12.2. The number of nitrogens with one attached hydrogen (secondary N) is 1. The highest BCUT2D eigenvalue weighted by Gasteiger charge is 2.56. The van der Waals surface area contributed by atoms with Crippen LogP contribution in [0.4, 0.5) is 0 Å². The maximum atomic E-state index is 12.2. The second-order valence-electron chi connectivity index (χ2n) is 7.89. The van der Waals surface area contributed by atoms with E-state index in [1.807, 2.05) is 0 Å². The van der Waals surface area contributed by atoms with Gasteiger partial charge in [-0.3, -0.25) is 4.79 Å². The van der Waals surface area contributed by atoms with Crippen LogP contribution in [0.25, 0.3) is 11.0 Å². The van der Waals surface area contributed by atoms with Crippen LogP contribution in [0.5, 0.6) is 5.75 Å². The number of ether oxygens (including phenoxy) is 2. The number of aliphatic hydroxyl groups is 4. The van der Waals surface area contributed by atoms with Crippen molar-refractivity contribution in [3.63, 3.8) is 0 Å². The normalized spacial score (nSPS) is 27.0. The van der Waals surface area contributed by atoms with Crippen molar-refractivity contribution in [2.24, 2.45) is 0 Å². The third-order valence-electron chi connectivity index (χ3n) is 5.39. The highest BCUT2D eigenvalue weighted by molar-refractivity contribution is 5.82. The van der Waals surface area contributed by atoms with Gasteiger partial charge in [-0.25, -0.2) is 9.59 Å². The van der Waals surface area contributed by atoms with Gasteiger partial charge < -0.3 is 44.7 Å². The summed E-state index contributed by atoms with van der Waals surface area (Å²) in [6, 6.07) is 4.21. The van der Waals surface area contributed by atoms with Crippen molar-refractivity contribution in [1.82, 2.24) is 5.32 Å². The summed E-state index contributed by atoms with van der Waals surface area (Å²) >= 11 is 0. The van der Waals surface area contributed by atoms with Gasteiger partial charge in [-0.1, -0.05) is 0 Å². The second kappa shape index (κ2) is 9.45. The summed E-state index contributed by atoms with van der Waals surface area (Å²) in [6.45, 7) is 1.94. The Morgan fingerprint density at radius 1 is 1.30 bits per heavy atom. The Hall–Kier alpha value is -3.03. The molecule has 1 amide bonds. The smallest absolute Gasteiger partial charge is 0.377 e. The Labute approximate surface area is 187 Å².